The zero-order valence-corrected chi connectivity index (χ0v) is 9.41. The number of hydrogen-bond donors (Lipinski definition) is 0. The van der Waals surface area contributed by atoms with Gasteiger partial charge in [0.25, 0.3) is 0 Å². The van der Waals surface area contributed by atoms with E-state index in [4.69, 9.17) is 0 Å². The molecular formula is C5H13F6N2OP. The Morgan fingerprint density at radius 3 is 1.00 bits per heavy atom. The summed E-state index contributed by atoms with van der Waals surface area (Å²) in [6, 6.07) is 0.0185. The molecule has 0 aromatic heterocycles. The van der Waals surface area contributed by atoms with Crippen LogP contribution in [-0.4, -0.2) is 44.0 Å². The first-order valence-corrected chi connectivity index (χ1v) is 5.48. The Kier molecular flexibility index (Phi) is 4.11. The van der Waals surface area contributed by atoms with Crippen molar-refractivity contribution in [1.29, 1.82) is 0 Å². The molecule has 0 saturated heterocycles. The zero-order valence-electron chi connectivity index (χ0n) is 9.52. The van der Waals surface area contributed by atoms with Crippen molar-refractivity contribution in [3.63, 3.8) is 0 Å². The number of urea groups is 1. The average Bonchev–Trinajstić information content (AvgIpc) is 1.77. The summed E-state index contributed by atoms with van der Waals surface area (Å²) in [6.45, 7) is 0. The van der Waals surface area contributed by atoms with Crippen molar-refractivity contribution in [3.8, 4) is 0 Å². The quantitative estimate of drug-likeness (QED) is 0.482. The topological polar surface area (TPSA) is 23.6 Å². The molecule has 0 radical (unpaired) electrons. The number of halogens is 6. The Morgan fingerprint density at radius 1 is 0.867 bits per heavy atom. The maximum atomic E-state index is 10.7. The van der Waals surface area contributed by atoms with E-state index in [9.17, 15) is 30.0 Å². The summed E-state index contributed by atoms with van der Waals surface area (Å²) < 4.78 is 59.2. The SMILES string of the molecule is CN(C)C(=O)N(C)C.F[P-](F)(F)(F)(F)F.[H+]. The van der Waals surface area contributed by atoms with Crippen LogP contribution in [-0.2, 0) is 0 Å². The number of carbonyl (C=O) groups is 1. The number of hydrogen-bond acceptors (Lipinski definition) is 1. The van der Waals surface area contributed by atoms with Crippen molar-refractivity contribution in [2.75, 3.05) is 28.2 Å². The summed E-state index contributed by atoms with van der Waals surface area (Å²) in [4.78, 5) is 13.8. The largest absolute Gasteiger partial charge is 1.00 e. The molecule has 0 atom stereocenters. The van der Waals surface area contributed by atoms with Gasteiger partial charge in [-0.3, -0.25) is 0 Å². The fourth-order valence-electron chi connectivity index (χ4n) is 0.400. The second-order valence-corrected chi connectivity index (χ2v) is 4.95. The average molecular weight is 262 g/mol. The smallest absolute Gasteiger partial charge is 1.00 e. The van der Waals surface area contributed by atoms with Crippen LogP contribution in [0.2, 0.25) is 0 Å². The molecule has 0 aliphatic rings. The van der Waals surface area contributed by atoms with Crippen LogP contribution in [0.3, 0.4) is 0 Å². The van der Waals surface area contributed by atoms with E-state index in [0.29, 0.717) is 0 Å². The third-order valence-electron chi connectivity index (χ3n) is 0.765. The third-order valence-corrected chi connectivity index (χ3v) is 0.765. The monoisotopic (exact) mass is 262 g/mol. The van der Waals surface area contributed by atoms with Gasteiger partial charge in [-0.2, -0.15) is 0 Å². The van der Waals surface area contributed by atoms with Gasteiger partial charge in [0.2, 0.25) is 0 Å². The third kappa shape index (κ3) is 31.9. The molecule has 0 aromatic carbocycles. The van der Waals surface area contributed by atoms with Gasteiger partial charge in [0.1, 0.15) is 0 Å². The summed E-state index contributed by atoms with van der Waals surface area (Å²) in [7, 11) is -3.76. The van der Waals surface area contributed by atoms with Crippen molar-refractivity contribution in [2.45, 2.75) is 0 Å². The van der Waals surface area contributed by atoms with Gasteiger partial charge in [0, 0.05) is 28.2 Å². The van der Waals surface area contributed by atoms with Gasteiger partial charge in [0.15, 0.2) is 0 Å². The predicted octanol–water partition coefficient (Wildman–Crippen LogP) is 3.72. The van der Waals surface area contributed by atoms with E-state index < -0.39 is 7.81 Å². The summed E-state index contributed by atoms with van der Waals surface area (Å²) in [5.41, 5.74) is 0. The van der Waals surface area contributed by atoms with Crippen molar-refractivity contribution >= 4 is 13.8 Å². The molecule has 0 aliphatic heterocycles. The number of carbonyl (C=O) groups excluding carboxylic acids is 1. The minimum absolute atomic E-state index is 0. The van der Waals surface area contributed by atoms with E-state index in [0.717, 1.165) is 0 Å². The van der Waals surface area contributed by atoms with Gasteiger partial charge < -0.3 is 9.80 Å². The number of amides is 2. The van der Waals surface area contributed by atoms with Crippen LogP contribution in [0.15, 0.2) is 0 Å². The van der Waals surface area contributed by atoms with Gasteiger partial charge in [-0.25, -0.2) is 4.79 Å². The van der Waals surface area contributed by atoms with Crippen LogP contribution in [0.25, 0.3) is 0 Å². The van der Waals surface area contributed by atoms with E-state index in [1.54, 1.807) is 28.2 Å². The molecule has 3 nitrogen and oxygen atoms in total. The number of rotatable bonds is 0. The standard InChI is InChI=1S/C5H12N2O.F6P/c1-6(2)5(8)7(3)4;1-7(2,3,4,5)6/h1-4H3;/q;-1/p+1. The number of nitrogens with zero attached hydrogens (tertiary/aromatic N) is 2. The van der Waals surface area contributed by atoms with Crippen molar-refractivity contribution < 1.29 is 31.4 Å². The van der Waals surface area contributed by atoms with Crippen LogP contribution in [0.5, 0.6) is 0 Å². The summed E-state index contributed by atoms with van der Waals surface area (Å²) >= 11 is 0. The van der Waals surface area contributed by atoms with Gasteiger partial charge in [0.05, 0.1) is 0 Å². The summed E-state index contributed by atoms with van der Waals surface area (Å²) in [6.07, 6.45) is 0. The van der Waals surface area contributed by atoms with Crippen molar-refractivity contribution in [2.24, 2.45) is 0 Å². The Bertz CT molecular complexity index is 215. The van der Waals surface area contributed by atoms with Crippen LogP contribution < -0.4 is 0 Å². The normalized spacial score (nSPS) is 15.3. The van der Waals surface area contributed by atoms with Gasteiger partial charge >= 0.3 is 40.4 Å². The van der Waals surface area contributed by atoms with Crippen LogP contribution in [0.1, 0.15) is 1.43 Å². The molecule has 0 heterocycles. The molecule has 0 unspecified atom stereocenters. The molecule has 0 aliphatic carbocycles. The molecule has 0 bridgehead atoms. The van der Waals surface area contributed by atoms with Gasteiger partial charge in [-0.1, -0.05) is 0 Å². The fraction of sp³-hybridized carbons (Fsp3) is 0.800. The van der Waals surface area contributed by atoms with Gasteiger partial charge in [-0.05, 0) is 0 Å². The molecule has 15 heavy (non-hydrogen) atoms. The van der Waals surface area contributed by atoms with Crippen molar-refractivity contribution in [1.82, 2.24) is 9.80 Å². The second-order valence-electron chi connectivity index (χ2n) is 3.03. The Labute approximate surface area is 84.4 Å². The summed E-state index contributed by atoms with van der Waals surface area (Å²) in [5.74, 6) is 0. The molecule has 10 heteroatoms. The minimum Gasteiger partial charge on any atom is 1.00 e. The Hall–Kier alpha value is -0.720. The first kappa shape index (κ1) is 16.7. The Morgan fingerprint density at radius 2 is 1.00 bits per heavy atom. The van der Waals surface area contributed by atoms with Gasteiger partial charge in [-0.15, -0.1) is 0 Å². The van der Waals surface area contributed by atoms with E-state index in [-0.39, 0.29) is 7.46 Å². The van der Waals surface area contributed by atoms with E-state index in [2.05, 4.69) is 0 Å². The van der Waals surface area contributed by atoms with Crippen LogP contribution in [0.4, 0.5) is 30.0 Å². The fourth-order valence-corrected chi connectivity index (χ4v) is 0.400. The maximum Gasteiger partial charge on any atom is 1.00 e. The molecule has 0 fully saturated rings. The molecule has 0 saturated carbocycles. The van der Waals surface area contributed by atoms with E-state index >= 15 is 0 Å². The molecule has 0 rings (SSSR count). The second kappa shape index (κ2) is 3.70. The van der Waals surface area contributed by atoms with E-state index in [1.807, 2.05) is 0 Å². The first-order valence-electron chi connectivity index (χ1n) is 3.45. The molecule has 2 amide bonds. The van der Waals surface area contributed by atoms with Crippen molar-refractivity contribution in [3.05, 3.63) is 0 Å². The first-order chi connectivity index (χ1) is 6.00. The Balaban J connectivity index is -0.000000200. The summed E-state index contributed by atoms with van der Waals surface area (Å²) in [5, 5.41) is 0. The predicted molar refractivity (Wildman–Crippen MR) is 47.5 cm³/mol. The molecule has 0 spiro atoms. The molecule has 0 aromatic rings. The van der Waals surface area contributed by atoms with Crippen LogP contribution in [0, 0.1) is 0 Å². The molecular weight excluding hydrogens is 249 g/mol. The van der Waals surface area contributed by atoms with E-state index in [1.165, 1.54) is 9.80 Å². The zero-order chi connectivity index (χ0) is 13.1. The van der Waals surface area contributed by atoms with Crippen LogP contribution >= 0.6 is 7.81 Å². The molecule has 96 valence electrons. The minimum atomic E-state index is -10.7. The maximum absolute atomic E-state index is 10.7. The molecule has 0 N–H and O–H groups in total.